The molecule has 2 nitrogen and oxygen atoms in total. The third-order valence-corrected chi connectivity index (χ3v) is 6.81. The Bertz CT molecular complexity index is 318. The first-order valence-electron chi connectivity index (χ1n) is 9.58. The van der Waals surface area contributed by atoms with Gasteiger partial charge < -0.3 is 10.2 Å². The maximum absolute atomic E-state index is 4.00. The number of piperidine rings is 1. The quantitative estimate of drug-likeness (QED) is 0.817. The fraction of sp³-hybridized carbons (Fsp3) is 1.00. The van der Waals surface area contributed by atoms with E-state index >= 15 is 0 Å². The van der Waals surface area contributed by atoms with E-state index in [0.717, 1.165) is 24.0 Å². The van der Waals surface area contributed by atoms with E-state index in [1.54, 1.807) is 0 Å². The molecule has 0 amide bonds. The average Bonchev–Trinajstić information content (AvgIpc) is 3.33. The standard InChI is InChI=1S/C19H36N2/c1-4-19(2,3)15-5-7-16(8-6-15)20-17-11-13-21(14-12-17)18-9-10-18/h15-18,20H,4-14H2,1-3H3. The lowest BCUT2D eigenvalue weighted by Gasteiger charge is -2.41. The van der Waals surface area contributed by atoms with E-state index in [2.05, 4.69) is 31.0 Å². The highest BCUT2D eigenvalue weighted by molar-refractivity contribution is 4.91. The minimum absolute atomic E-state index is 0.556. The molecule has 0 radical (unpaired) electrons. The molecule has 0 bridgehead atoms. The number of nitrogens with zero attached hydrogens (tertiary/aromatic N) is 1. The first-order chi connectivity index (χ1) is 10.1. The molecule has 0 aromatic carbocycles. The molecular weight excluding hydrogens is 256 g/mol. The molecule has 3 rings (SSSR count). The van der Waals surface area contributed by atoms with Crippen molar-refractivity contribution in [1.29, 1.82) is 0 Å². The molecule has 0 aromatic rings. The molecule has 0 atom stereocenters. The molecule has 1 heterocycles. The van der Waals surface area contributed by atoms with Crippen LogP contribution in [-0.4, -0.2) is 36.1 Å². The van der Waals surface area contributed by atoms with Crippen LogP contribution in [0.5, 0.6) is 0 Å². The van der Waals surface area contributed by atoms with Crippen LogP contribution in [0, 0.1) is 11.3 Å². The Labute approximate surface area is 132 Å². The Morgan fingerprint density at radius 3 is 1.95 bits per heavy atom. The maximum Gasteiger partial charge on any atom is 0.00964 e. The Kier molecular flexibility index (Phi) is 4.95. The van der Waals surface area contributed by atoms with Gasteiger partial charge in [0.15, 0.2) is 0 Å². The summed E-state index contributed by atoms with van der Waals surface area (Å²) in [6.45, 7) is 10.00. The van der Waals surface area contributed by atoms with Crippen molar-refractivity contribution in [2.45, 2.75) is 96.7 Å². The number of rotatable bonds is 5. The highest BCUT2D eigenvalue weighted by atomic mass is 15.2. The summed E-state index contributed by atoms with van der Waals surface area (Å²) in [7, 11) is 0. The van der Waals surface area contributed by atoms with Gasteiger partial charge in [0.1, 0.15) is 0 Å². The van der Waals surface area contributed by atoms with E-state index in [1.807, 2.05) is 0 Å². The lowest BCUT2D eigenvalue weighted by molar-refractivity contribution is 0.124. The minimum atomic E-state index is 0.556. The van der Waals surface area contributed by atoms with Gasteiger partial charge in [-0.2, -0.15) is 0 Å². The topological polar surface area (TPSA) is 15.3 Å². The van der Waals surface area contributed by atoms with Crippen molar-refractivity contribution < 1.29 is 0 Å². The molecule has 3 fully saturated rings. The first-order valence-corrected chi connectivity index (χ1v) is 9.58. The van der Waals surface area contributed by atoms with Gasteiger partial charge in [0, 0.05) is 18.1 Å². The monoisotopic (exact) mass is 292 g/mol. The van der Waals surface area contributed by atoms with Crippen molar-refractivity contribution in [3.05, 3.63) is 0 Å². The van der Waals surface area contributed by atoms with Crippen molar-refractivity contribution in [2.24, 2.45) is 11.3 Å². The molecule has 21 heavy (non-hydrogen) atoms. The molecule has 1 aliphatic heterocycles. The minimum Gasteiger partial charge on any atom is -0.311 e. The summed E-state index contributed by atoms with van der Waals surface area (Å²) in [6, 6.07) is 2.59. The van der Waals surface area contributed by atoms with E-state index < -0.39 is 0 Å². The van der Waals surface area contributed by atoms with Gasteiger partial charge in [-0.3, -0.25) is 0 Å². The van der Waals surface area contributed by atoms with E-state index in [1.165, 1.54) is 70.9 Å². The van der Waals surface area contributed by atoms with Crippen LogP contribution in [0.2, 0.25) is 0 Å². The van der Waals surface area contributed by atoms with Gasteiger partial charge in [-0.1, -0.05) is 27.2 Å². The molecule has 0 unspecified atom stereocenters. The van der Waals surface area contributed by atoms with Crippen molar-refractivity contribution in [3.63, 3.8) is 0 Å². The van der Waals surface area contributed by atoms with E-state index in [4.69, 9.17) is 0 Å². The second kappa shape index (κ2) is 6.58. The van der Waals surface area contributed by atoms with Crippen LogP contribution in [0.3, 0.4) is 0 Å². The molecule has 3 aliphatic rings. The molecule has 2 aliphatic carbocycles. The van der Waals surface area contributed by atoms with Gasteiger partial charge in [-0.15, -0.1) is 0 Å². The van der Waals surface area contributed by atoms with Crippen LogP contribution in [0.1, 0.15) is 78.6 Å². The zero-order valence-electron chi connectivity index (χ0n) is 14.5. The van der Waals surface area contributed by atoms with Gasteiger partial charge in [0.05, 0.1) is 0 Å². The number of likely N-dealkylation sites (tertiary alicyclic amines) is 1. The second-order valence-electron chi connectivity index (χ2n) is 8.60. The largest absolute Gasteiger partial charge is 0.311 e. The molecule has 1 N–H and O–H groups in total. The Morgan fingerprint density at radius 2 is 1.43 bits per heavy atom. The van der Waals surface area contributed by atoms with Crippen LogP contribution >= 0.6 is 0 Å². The maximum atomic E-state index is 4.00. The molecule has 2 saturated carbocycles. The zero-order chi connectivity index (χ0) is 14.9. The molecule has 122 valence electrons. The molecule has 0 spiro atoms. The smallest absolute Gasteiger partial charge is 0.00964 e. The average molecular weight is 293 g/mol. The molecular formula is C19H36N2. The van der Waals surface area contributed by atoms with Gasteiger partial charge >= 0.3 is 0 Å². The molecule has 2 heteroatoms. The Morgan fingerprint density at radius 1 is 0.857 bits per heavy atom. The van der Waals surface area contributed by atoms with Crippen molar-refractivity contribution >= 4 is 0 Å². The highest BCUT2D eigenvalue weighted by Crippen LogP contribution is 2.40. The lowest BCUT2D eigenvalue weighted by Crippen LogP contribution is -2.48. The summed E-state index contributed by atoms with van der Waals surface area (Å²) in [5.41, 5.74) is 0.556. The predicted molar refractivity (Wildman–Crippen MR) is 90.6 cm³/mol. The van der Waals surface area contributed by atoms with Gasteiger partial charge in [0.2, 0.25) is 0 Å². The summed E-state index contributed by atoms with van der Waals surface area (Å²) in [5, 5.41) is 4.00. The number of hydrogen-bond donors (Lipinski definition) is 1. The van der Waals surface area contributed by atoms with Crippen LogP contribution in [0.25, 0.3) is 0 Å². The SMILES string of the molecule is CCC(C)(C)C1CCC(NC2CCN(C3CC3)CC2)CC1. The van der Waals surface area contributed by atoms with Crippen LogP contribution in [0.15, 0.2) is 0 Å². The predicted octanol–water partition coefficient (Wildman–Crippen LogP) is 4.20. The van der Waals surface area contributed by atoms with Crippen molar-refractivity contribution in [1.82, 2.24) is 10.2 Å². The Hall–Kier alpha value is -0.0800. The number of hydrogen-bond acceptors (Lipinski definition) is 2. The zero-order valence-corrected chi connectivity index (χ0v) is 14.5. The molecule has 0 aromatic heterocycles. The van der Waals surface area contributed by atoms with E-state index in [0.29, 0.717) is 5.41 Å². The van der Waals surface area contributed by atoms with E-state index in [-0.39, 0.29) is 0 Å². The summed E-state index contributed by atoms with van der Waals surface area (Å²) >= 11 is 0. The first kappa shape index (κ1) is 15.8. The van der Waals surface area contributed by atoms with Gasteiger partial charge in [0.25, 0.3) is 0 Å². The summed E-state index contributed by atoms with van der Waals surface area (Å²) in [4.78, 5) is 2.73. The fourth-order valence-electron chi connectivity index (χ4n) is 4.53. The normalized spacial score (nSPS) is 33.3. The van der Waals surface area contributed by atoms with Crippen LogP contribution in [0.4, 0.5) is 0 Å². The van der Waals surface area contributed by atoms with Crippen LogP contribution in [-0.2, 0) is 0 Å². The third kappa shape index (κ3) is 4.01. The highest BCUT2D eigenvalue weighted by Gasteiger charge is 2.34. The summed E-state index contributed by atoms with van der Waals surface area (Å²) in [6.07, 6.45) is 12.8. The summed E-state index contributed by atoms with van der Waals surface area (Å²) in [5.74, 6) is 0.956. The lowest BCUT2D eigenvalue weighted by atomic mass is 9.69. The van der Waals surface area contributed by atoms with Crippen LogP contribution < -0.4 is 5.32 Å². The Balaban J connectivity index is 1.37. The number of nitrogens with one attached hydrogen (secondary N) is 1. The van der Waals surface area contributed by atoms with Gasteiger partial charge in [-0.25, -0.2) is 0 Å². The van der Waals surface area contributed by atoms with Crippen molar-refractivity contribution in [3.8, 4) is 0 Å². The van der Waals surface area contributed by atoms with Crippen molar-refractivity contribution in [2.75, 3.05) is 13.1 Å². The third-order valence-electron chi connectivity index (χ3n) is 6.81. The molecule has 1 saturated heterocycles. The van der Waals surface area contributed by atoms with E-state index in [9.17, 15) is 0 Å². The fourth-order valence-corrected chi connectivity index (χ4v) is 4.53. The van der Waals surface area contributed by atoms with Gasteiger partial charge in [-0.05, 0) is 75.8 Å². The summed E-state index contributed by atoms with van der Waals surface area (Å²) < 4.78 is 0. The second-order valence-corrected chi connectivity index (χ2v) is 8.60.